The molecule has 0 atom stereocenters. The highest BCUT2D eigenvalue weighted by Gasteiger charge is 2.47. The van der Waals surface area contributed by atoms with Crippen molar-refractivity contribution >= 4 is 5.91 Å². The first-order chi connectivity index (χ1) is 18.6. The van der Waals surface area contributed by atoms with E-state index in [4.69, 9.17) is 0 Å². The normalized spacial score (nSPS) is 14.7. The highest BCUT2D eigenvalue weighted by Crippen LogP contribution is 2.38. The summed E-state index contributed by atoms with van der Waals surface area (Å²) in [6.07, 6.45) is 14.2. The molecule has 38 heavy (non-hydrogen) atoms. The molecule has 0 aliphatic heterocycles. The van der Waals surface area contributed by atoms with E-state index in [9.17, 15) is 4.79 Å². The average Bonchev–Trinajstić information content (AvgIpc) is 3.47. The van der Waals surface area contributed by atoms with E-state index >= 15 is 0 Å². The van der Waals surface area contributed by atoms with Gasteiger partial charge in [-0.2, -0.15) is 0 Å². The molecule has 3 aromatic rings. The van der Waals surface area contributed by atoms with Crippen molar-refractivity contribution in [2.75, 3.05) is 13.6 Å². The lowest BCUT2D eigenvalue weighted by molar-refractivity contribution is -0.147. The first-order valence-corrected chi connectivity index (χ1v) is 14.6. The minimum absolute atomic E-state index is 0.214. The van der Waals surface area contributed by atoms with Gasteiger partial charge in [-0.3, -0.25) is 14.7 Å². The molecular weight excluding hydrogens is 466 g/mol. The second-order valence-electron chi connectivity index (χ2n) is 11.0. The number of nitrogens with zero attached hydrogens (tertiary/aromatic N) is 3. The molecule has 0 radical (unpaired) electrons. The number of benzene rings is 2. The maximum Gasteiger partial charge on any atom is 0.243 e. The fourth-order valence-electron chi connectivity index (χ4n) is 6.17. The van der Waals surface area contributed by atoms with Crippen molar-refractivity contribution in [2.45, 2.75) is 89.3 Å². The van der Waals surface area contributed by atoms with Gasteiger partial charge >= 0.3 is 0 Å². The molecule has 0 unspecified atom stereocenters. The number of carbonyl (C=O) groups excluding carboxylic acids is 1. The summed E-state index contributed by atoms with van der Waals surface area (Å²) in [6, 6.07) is 25.9. The Labute approximate surface area is 230 Å². The van der Waals surface area contributed by atoms with Crippen LogP contribution in [0.4, 0.5) is 0 Å². The molecule has 1 aliphatic carbocycles. The smallest absolute Gasteiger partial charge is 0.243 e. The van der Waals surface area contributed by atoms with Gasteiger partial charge in [0.2, 0.25) is 5.91 Å². The van der Waals surface area contributed by atoms with Crippen molar-refractivity contribution in [3.8, 4) is 0 Å². The van der Waals surface area contributed by atoms with Gasteiger partial charge < -0.3 is 4.90 Å². The van der Waals surface area contributed by atoms with Crippen LogP contribution in [-0.2, 0) is 24.2 Å². The van der Waals surface area contributed by atoms with E-state index in [1.165, 1.54) is 11.1 Å². The summed E-state index contributed by atoms with van der Waals surface area (Å²) >= 11 is 0. The zero-order valence-corrected chi connectivity index (χ0v) is 23.4. The van der Waals surface area contributed by atoms with E-state index in [2.05, 4.69) is 102 Å². The highest BCUT2D eigenvalue weighted by molar-refractivity contribution is 5.87. The van der Waals surface area contributed by atoms with Crippen LogP contribution in [0.2, 0.25) is 0 Å². The van der Waals surface area contributed by atoms with Crippen LogP contribution in [0.1, 0.15) is 75.0 Å². The van der Waals surface area contributed by atoms with Crippen LogP contribution in [-0.4, -0.2) is 45.9 Å². The van der Waals surface area contributed by atoms with Gasteiger partial charge in [0.15, 0.2) is 0 Å². The van der Waals surface area contributed by atoms with Crippen LogP contribution in [0.25, 0.3) is 0 Å². The molecule has 1 amide bonds. The Bertz CT molecular complexity index is 1030. The van der Waals surface area contributed by atoms with Crippen molar-refractivity contribution in [3.63, 3.8) is 0 Å². The Balaban J connectivity index is 1.58. The van der Waals surface area contributed by atoms with Gasteiger partial charge in [-0.15, -0.1) is 0 Å². The Morgan fingerprint density at radius 2 is 1.34 bits per heavy atom. The quantitative estimate of drug-likeness (QED) is 0.232. The first-order valence-electron chi connectivity index (χ1n) is 14.6. The van der Waals surface area contributed by atoms with Crippen LogP contribution in [0.5, 0.6) is 0 Å². The molecule has 0 spiro atoms. The van der Waals surface area contributed by atoms with Crippen molar-refractivity contribution in [1.29, 1.82) is 0 Å². The summed E-state index contributed by atoms with van der Waals surface area (Å²) in [7, 11) is 2.15. The van der Waals surface area contributed by atoms with E-state index in [1.807, 2.05) is 12.4 Å². The van der Waals surface area contributed by atoms with E-state index in [1.54, 1.807) is 0 Å². The zero-order valence-electron chi connectivity index (χ0n) is 23.4. The summed E-state index contributed by atoms with van der Waals surface area (Å²) in [5, 5.41) is 0. The van der Waals surface area contributed by atoms with Gasteiger partial charge in [0, 0.05) is 25.0 Å². The van der Waals surface area contributed by atoms with Crippen molar-refractivity contribution < 1.29 is 4.79 Å². The van der Waals surface area contributed by atoms with Crippen LogP contribution < -0.4 is 0 Å². The second-order valence-corrected chi connectivity index (χ2v) is 11.0. The van der Waals surface area contributed by atoms with E-state index in [-0.39, 0.29) is 11.6 Å². The molecule has 202 valence electrons. The number of aromatic nitrogens is 1. The number of hydrogen-bond acceptors (Lipinski definition) is 3. The number of hydrogen-bond donors (Lipinski definition) is 0. The first kappa shape index (κ1) is 28.0. The predicted molar refractivity (Wildman–Crippen MR) is 157 cm³/mol. The summed E-state index contributed by atoms with van der Waals surface area (Å²) in [5.74, 6) is 0.334. The third-order valence-corrected chi connectivity index (χ3v) is 8.53. The monoisotopic (exact) mass is 511 g/mol. The SMILES string of the molecule is CCN(C)C1(C(=O)N(Cc2ccncc2)C(CCCc2ccccc2)CCCc2ccccc2)CCCC1. The standard InChI is InChI=1S/C34H45N3O/c1-3-36(2)34(24-10-11-25-34)33(38)37(28-31-22-26-35-27-23-31)32(20-12-18-29-14-6-4-7-15-29)21-13-19-30-16-8-5-9-17-30/h4-9,14-17,22-23,26-27,32H,3,10-13,18-21,24-25,28H2,1-2H3. The van der Waals surface area contributed by atoms with Gasteiger partial charge in [-0.05, 0) is 93.8 Å². The van der Waals surface area contributed by atoms with Gasteiger partial charge in [-0.1, -0.05) is 80.4 Å². The zero-order chi connectivity index (χ0) is 26.6. The molecule has 1 saturated carbocycles. The Hall–Kier alpha value is -2.98. The lowest BCUT2D eigenvalue weighted by Crippen LogP contribution is -2.58. The number of rotatable bonds is 14. The molecule has 0 bridgehead atoms. The maximum atomic E-state index is 14.6. The van der Waals surface area contributed by atoms with Crippen molar-refractivity contribution in [3.05, 3.63) is 102 Å². The fraction of sp³-hybridized carbons (Fsp3) is 0.471. The average molecular weight is 512 g/mol. The third-order valence-electron chi connectivity index (χ3n) is 8.53. The maximum absolute atomic E-state index is 14.6. The van der Waals surface area contributed by atoms with Gasteiger partial charge in [0.25, 0.3) is 0 Å². The molecule has 4 heteroatoms. The lowest BCUT2D eigenvalue weighted by Gasteiger charge is -2.43. The molecular formula is C34H45N3O. The summed E-state index contributed by atoms with van der Waals surface area (Å²) in [4.78, 5) is 23.5. The van der Waals surface area contributed by atoms with E-state index in [0.717, 1.165) is 76.3 Å². The molecule has 1 fully saturated rings. The van der Waals surface area contributed by atoms with Crippen molar-refractivity contribution in [1.82, 2.24) is 14.8 Å². The van der Waals surface area contributed by atoms with Crippen LogP contribution in [0, 0.1) is 0 Å². The Morgan fingerprint density at radius 3 is 1.84 bits per heavy atom. The van der Waals surface area contributed by atoms with Gasteiger partial charge in [-0.25, -0.2) is 0 Å². The molecule has 0 saturated heterocycles. The van der Waals surface area contributed by atoms with Crippen LogP contribution in [0.15, 0.2) is 85.2 Å². The molecule has 0 N–H and O–H groups in total. The molecule has 4 rings (SSSR count). The summed E-state index contributed by atoms with van der Waals surface area (Å²) < 4.78 is 0. The number of aryl methyl sites for hydroxylation is 2. The minimum Gasteiger partial charge on any atom is -0.334 e. The van der Waals surface area contributed by atoms with E-state index in [0.29, 0.717) is 12.5 Å². The molecule has 1 heterocycles. The van der Waals surface area contributed by atoms with Crippen LogP contribution >= 0.6 is 0 Å². The molecule has 1 aromatic heterocycles. The number of likely N-dealkylation sites (N-methyl/N-ethyl adjacent to an activating group) is 1. The minimum atomic E-state index is -0.376. The number of amides is 1. The van der Waals surface area contributed by atoms with Crippen molar-refractivity contribution in [2.24, 2.45) is 0 Å². The summed E-state index contributed by atoms with van der Waals surface area (Å²) in [5.41, 5.74) is 3.54. The fourth-order valence-corrected chi connectivity index (χ4v) is 6.17. The summed E-state index contributed by atoms with van der Waals surface area (Å²) in [6.45, 7) is 3.72. The molecule has 2 aromatic carbocycles. The van der Waals surface area contributed by atoms with E-state index < -0.39 is 0 Å². The number of pyridine rings is 1. The van der Waals surface area contributed by atoms with Gasteiger partial charge in [0.1, 0.15) is 5.54 Å². The highest BCUT2D eigenvalue weighted by atomic mass is 16.2. The largest absolute Gasteiger partial charge is 0.334 e. The van der Waals surface area contributed by atoms with Crippen LogP contribution in [0.3, 0.4) is 0 Å². The lowest BCUT2D eigenvalue weighted by atomic mass is 9.90. The topological polar surface area (TPSA) is 36.4 Å². The second kappa shape index (κ2) is 14.2. The molecule has 1 aliphatic rings. The third kappa shape index (κ3) is 7.32. The Kier molecular flexibility index (Phi) is 10.5. The molecule has 4 nitrogen and oxygen atoms in total. The predicted octanol–water partition coefficient (Wildman–Crippen LogP) is 7.09. The Morgan fingerprint density at radius 1 is 0.816 bits per heavy atom. The number of carbonyl (C=O) groups is 1. The van der Waals surface area contributed by atoms with Gasteiger partial charge in [0.05, 0.1) is 0 Å².